The van der Waals surface area contributed by atoms with E-state index in [0.29, 0.717) is 23.7 Å². The lowest BCUT2D eigenvalue weighted by molar-refractivity contribution is -0.120. The van der Waals surface area contributed by atoms with Gasteiger partial charge in [-0.25, -0.2) is 8.42 Å². The predicted octanol–water partition coefficient (Wildman–Crippen LogP) is 3.13. The highest BCUT2D eigenvalue weighted by atomic mass is 32.2. The van der Waals surface area contributed by atoms with Crippen molar-refractivity contribution in [2.75, 3.05) is 13.1 Å². The van der Waals surface area contributed by atoms with Crippen molar-refractivity contribution in [1.29, 1.82) is 0 Å². The molecule has 0 atom stereocenters. The number of nitrogens with zero attached hydrogens (tertiary/aromatic N) is 2. The number of hydrogen-bond donors (Lipinski definition) is 1. The number of piperidine rings is 1. The van der Waals surface area contributed by atoms with E-state index in [1.807, 2.05) is 27.7 Å². The van der Waals surface area contributed by atoms with E-state index in [9.17, 15) is 13.2 Å². The molecule has 9 heteroatoms. The summed E-state index contributed by atoms with van der Waals surface area (Å²) >= 11 is 1.16. The van der Waals surface area contributed by atoms with E-state index >= 15 is 0 Å². The Labute approximate surface area is 169 Å². The van der Waals surface area contributed by atoms with Gasteiger partial charge in [-0.1, -0.05) is 39.4 Å². The van der Waals surface area contributed by atoms with Crippen LogP contribution >= 0.6 is 11.3 Å². The number of sulfonamides is 1. The average Bonchev–Trinajstić information content (AvgIpc) is 3.27. The van der Waals surface area contributed by atoms with Crippen LogP contribution in [-0.4, -0.2) is 42.9 Å². The lowest BCUT2D eigenvalue weighted by Gasteiger charge is -2.52. The summed E-state index contributed by atoms with van der Waals surface area (Å²) in [4.78, 5) is 12.6. The number of amides is 1. The minimum absolute atomic E-state index is 0.190. The molecule has 0 spiro atoms. The molecule has 0 aliphatic carbocycles. The van der Waals surface area contributed by atoms with Gasteiger partial charge >= 0.3 is 0 Å². The van der Waals surface area contributed by atoms with Crippen LogP contribution in [0.2, 0.25) is 0 Å². The van der Waals surface area contributed by atoms with Crippen LogP contribution in [0, 0.1) is 10.8 Å². The molecule has 7 nitrogen and oxygen atoms in total. The van der Waals surface area contributed by atoms with Crippen LogP contribution in [0.4, 0.5) is 0 Å². The molecule has 0 bridgehead atoms. The van der Waals surface area contributed by atoms with Gasteiger partial charge in [-0.05, 0) is 29.0 Å². The Bertz CT molecular complexity index is 957. The van der Waals surface area contributed by atoms with E-state index < -0.39 is 20.9 Å². The van der Waals surface area contributed by atoms with Gasteiger partial charge in [0, 0.05) is 25.2 Å². The number of rotatable bonds is 5. The molecule has 1 fully saturated rings. The summed E-state index contributed by atoms with van der Waals surface area (Å²) in [5.41, 5.74) is -0.920. The fourth-order valence-corrected chi connectivity index (χ4v) is 7.23. The maximum atomic E-state index is 13.3. The highest BCUT2D eigenvalue weighted by Crippen LogP contribution is 2.43. The molecule has 1 saturated heterocycles. The smallest absolute Gasteiger partial charge is 0.252 e. The lowest BCUT2D eigenvalue weighted by Crippen LogP contribution is -2.64. The second-order valence-corrected chi connectivity index (χ2v) is 11.6. The maximum absolute atomic E-state index is 13.3. The van der Waals surface area contributed by atoms with Crippen LogP contribution in [0.1, 0.15) is 27.7 Å². The van der Waals surface area contributed by atoms with Gasteiger partial charge in [0.2, 0.25) is 5.91 Å². The van der Waals surface area contributed by atoms with Gasteiger partial charge in [-0.2, -0.15) is 4.31 Å². The Morgan fingerprint density at radius 3 is 2.46 bits per heavy atom. The molecule has 1 amide bonds. The minimum Gasteiger partial charge on any atom is -0.355 e. The van der Waals surface area contributed by atoms with Crippen molar-refractivity contribution in [2.45, 2.75) is 37.9 Å². The van der Waals surface area contributed by atoms with Crippen LogP contribution in [-0.2, 0) is 14.8 Å². The molecule has 2 aromatic heterocycles. The second kappa shape index (κ2) is 7.13. The maximum Gasteiger partial charge on any atom is 0.252 e. The van der Waals surface area contributed by atoms with Gasteiger partial charge < -0.3 is 9.84 Å². The first kappa shape index (κ1) is 20.8. The molecule has 152 valence electrons. The van der Waals surface area contributed by atoms with Crippen molar-refractivity contribution in [2.24, 2.45) is 10.8 Å². The first-order valence-electron chi connectivity index (χ1n) is 8.91. The lowest BCUT2D eigenvalue weighted by atomic mass is 9.67. The Morgan fingerprint density at radius 2 is 1.93 bits per heavy atom. The molecule has 0 aromatic carbocycles. The number of hydrogen-bond acceptors (Lipinski definition) is 6. The zero-order valence-corrected chi connectivity index (χ0v) is 18.1. The van der Waals surface area contributed by atoms with E-state index in [2.05, 4.69) is 17.1 Å². The van der Waals surface area contributed by atoms with Crippen molar-refractivity contribution < 1.29 is 17.7 Å². The quantitative estimate of drug-likeness (QED) is 0.746. The third-order valence-electron chi connectivity index (χ3n) is 5.06. The fraction of sp³-hybridized carbons (Fsp3) is 0.474. The fourth-order valence-electron chi connectivity index (χ4n) is 4.03. The highest BCUT2D eigenvalue weighted by Gasteiger charge is 2.50. The molecule has 3 heterocycles. The summed E-state index contributed by atoms with van der Waals surface area (Å²) < 4.78 is 33.5. The molecule has 0 radical (unpaired) electrons. The molecule has 2 aromatic rings. The Balaban J connectivity index is 1.90. The van der Waals surface area contributed by atoms with Gasteiger partial charge in [-0.15, -0.1) is 11.3 Å². The minimum atomic E-state index is -3.67. The topological polar surface area (TPSA) is 92.5 Å². The van der Waals surface area contributed by atoms with Gasteiger partial charge in [0.15, 0.2) is 5.76 Å². The Kier molecular flexibility index (Phi) is 5.28. The van der Waals surface area contributed by atoms with Crippen molar-refractivity contribution >= 4 is 27.3 Å². The van der Waals surface area contributed by atoms with Gasteiger partial charge in [-0.3, -0.25) is 4.79 Å². The summed E-state index contributed by atoms with van der Waals surface area (Å²) in [6.07, 6.45) is 2.77. The SMILES string of the molecule is C=CC(=O)NC1C(C)(C)CN(S(=O)(=O)c2ccc(-c3ccno3)s2)CC1(C)C. The van der Waals surface area contributed by atoms with E-state index in [-0.39, 0.29) is 16.2 Å². The van der Waals surface area contributed by atoms with E-state index in [0.717, 1.165) is 11.3 Å². The van der Waals surface area contributed by atoms with Crippen molar-refractivity contribution in [3.8, 4) is 10.6 Å². The third-order valence-corrected chi connectivity index (χ3v) is 8.42. The molecule has 0 saturated carbocycles. The van der Waals surface area contributed by atoms with Gasteiger partial charge in [0.1, 0.15) is 4.21 Å². The molecular weight excluding hydrogens is 398 g/mol. The normalized spacial score (nSPS) is 20.0. The average molecular weight is 424 g/mol. The number of thiophene rings is 1. The number of aromatic nitrogens is 1. The molecule has 1 N–H and O–H groups in total. The van der Waals surface area contributed by atoms with Gasteiger partial charge in [0.05, 0.1) is 11.1 Å². The molecule has 28 heavy (non-hydrogen) atoms. The van der Waals surface area contributed by atoms with E-state index in [4.69, 9.17) is 4.52 Å². The van der Waals surface area contributed by atoms with Crippen LogP contribution in [0.25, 0.3) is 10.6 Å². The van der Waals surface area contributed by atoms with E-state index in [1.54, 1.807) is 18.2 Å². The molecule has 1 aliphatic rings. The first-order chi connectivity index (χ1) is 13.0. The van der Waals surface area contributed by atoms with Crippen molar-refractivity contribution in [3.05, 3.63) is 37.1 Å². The summed E-state index contributed by atoms with van der Waals surface area (Å²) in [7, 11) is -3.67. The van der Waals surface area contributed by atoms with Crippen LogP contribution in [0.5, 0.6) is 0 Å². The molecule has 0 unspecified atom stereocenters. The van der Waals surface area contributed by atoms with Crippen molar-refractivity contribution in [1.82, 2.24) is 14.8 Å². The number of nitrogens with one attached hydrogen (secondary N) is 1. The summed E-state index contributed by atoms with van der Waals surface area (Å²) in [6, 6.07) is 4.84. The highest BCUT2D eigenvalue weighted by molar-refractivity contribution is 7.91. The summed E-state index contributed by atoms with van der Waals surface area (Å²) in [6.45, 7) is 12.0. The van der Waals surface area contributed by atoms with Gasteiger partial charge in [0.25, 0.3) is 10.0 Å². The molecule has 3 rings (SSSR count). The number of carbonyl (C=O) groups is 1. The van der Waals surface area contributed by atoms with Crippen LogP contribution in [0.3, 0.4) is 0 Å². The van der Waals surface area contributed by atoms with E-state index in [1.165, 1.54) is 16.6 Å². The number of carbonyl (C=O) groups excluding carboxylic acids is 1. The monoisotopic (exact) mass is 423 g/mol. The standard InChI is InChI=1S/C19H25N3O4S2/c1-6-15(23)21-17-18(2,3)11-22(12-19(17,4)5)28(24,25)16-8-7-14(27-16)13-9-10-20-26-13/h6-10,17H,1,11-12H2,2-5H3,(H,21,23). The Morgan fingerprint density at radius 1 is 1.29 bits per heavy atom. The second-order valence-electron chi connectivity index (χ2n) is 8.39. The van der Waals surface area contributed by atoms with Crippen molar-refractivity contribution in [3.63, 3.8) is 0 Å². The zero-order valence-electron chi connectivity index (χ0n) is 16.4. The zero-order chi connectivity index (χ0) is 20.7. The molecule has 1 aliphatic heterocycles. The van der Waals surface area contributed by atoms with Crippen LogP contribution in [0.15, 0.2) is 45.8 Å². The first-order valence-corrected chi connectivity index (χ1v) is 11.2. The Hall–Kier alpha value is -1.97. The molecular formula is C19H25N3O4S2. The summed E-state index contributed by atoms with van der Waals surface area (Å²) in [5, 5.41) is 6.66. The predicted molar refractivity (Wildman–Crippen MR) is 108 cm³/mol. The summed E-state index contributed by atoms with van der Waals surface area (Å²) in [5.74, 6) is 0.287. The third kappa shape index (κ3) is 3.78. The van der Waals surface area contributed by atoms with Crippen LogP contribution < -0.4 is 5.32 Å². The largest absolute Gasteiger partial charge is 0.355 e.